The second kappa shape index (κ2) is 18.6. The maximum atomic E-state index is 7.45. The summed E-state index contributed by atoms with van der Waals surface area (Å²) in [4.78, 5) is 0. The van der Waals surface area contributed by atoms with Crippen molar-refractivity contribution in [2.24, 2.45) is 11.8 Å². The fourth-order valence-electron chi connectivity index (χ4n) is 8.87. The van der Waals surface area contributed by atoms with Crippen molar-refractivity contribution in [3.63, 3.8) is 0 Å². The molecule has 58 heavy (non-hydrogen) atoms. The Kier molecular flexibility index (Phi) is 14.9. The molecule has 0 bridgehead atoms. The molecule has 0 saturated carbocycles. The van der Waals surface area contributed by atoms with Gasteiger partial charge in [0, 0.05) is 18.4 Å². The summed E-state index contributed by atoms with van der Waals surface area (Å²) in [6.45, 7) is 30.9. The van der Waals surface area contributed by atoms with E-state index in [0.717, 1.165) is 37.0 Å². The first-order valence-electron chi connectivity index (χ1n) is 21.9. The minimum absolute atomic E-state index is 0.0229. The van der Waals surface area contributed by atoms with Crippen molar-refractivity contribution in [2.75, 3.05) is 13.7 Å². The number of ether oxygens (including phenoxy) is 4. The first-order chi connectivity index (χ1) is 27.1. The second-order valence-corrected chi connectivity index (χ2v) is 29.4. The molecule has 0 aromatic heterocycles. The van der Waals surface area contributed by atoms with Gasteiger partial charge in [-0.15, -0.1) is 0 Å². The van der Waals surface area contributed by atoms with Crippen molar-refractivity contribution in [1.29, 1.82) is 0 Å². The molecule has 0 radical (unpaired) electrons. The van der Waals surface area contributed by atoms with Gasteiger partial charge in [0.2, 0.25) is 0 Å². The summed E-state index contributed by atoms with van der Waals surface area (Å²) in [5.41, 5.74) is 0.453. The summed E-state index contributed by atoms with van der Waals surface area (Å²) in [5.74, 6) is 1.06. The molecule has 0 N–H and O–H groups in total. The molecule has 8 atom stereocenters. The Bertz CT molecular complexity index is 1710. The van der Waals surface area contributed by atoms with E-state index in [0.29, 0.717) is 13.2 Å². The van der Waals surface area contributed by atoms with Crippen LogP contribution >= 0.6 is 0 Å². The van der Waals surface area contributed by atoms with Crippen molar-refractivity contribution in [3.05, 3.63) is 103 Å². The highest BCUT2D eigenvalue weighted by Gasteiger charge is 2.53. The number of hydrogen-bond donors (Lipinski definition) is 0. The molecule has 0 amide bonds. The molecular weight excluding hydrogens is 753 g/mol. The zero-order valence-corrected chi connectivity index (χ0v) is 40.4. The van der Waals surface area contributed by atoms with Crippen LogP contribution < -0.4 is 15.1 Å². The third-order valence-electron chi connectivity index (χ3n) is 13.8. The Hall–Kier alpha value is -2.57. The van der Waals surface area contributed by atoms with Gasteiger partial charge in [-0.3, -0.25) is 0 Å². The van der Waals surface area contributed by atoms with Crippen LogP contribution in [0, 0.1) is 11.8 Å². The monoisotopic (exact) mass is 829 g/mol. The van der Waals surface area contributed by atoms with Crippen LogP contribution in [0.1, 0.15) is 107 Å². The van der Waals surface area contributed by atoms with Gasteiger partial charge in [-0.25, -0.2) is 0 Å². The van der Waals surface area contributed by atoms with Gasteiger partial charge in [-0.05, 0) is 97.7 Å². The molecule has 2 saturated heterocycles. The zero-order valence-electron chi connectivity index (χ0n) is 38.4. The van der Waals surface area contributed by atoms with Gasteiger partial charge >= 0.3 is 0 Å². The highest BCUT2D eigenvalue weighted by Crippen LogP contribution is 2.47. The van der Waals surface area contributed by atoms with Gasteiger partial charge in [0.25, 0.3) is 8.32 Å². The Morgan fingerprint density at radius 2 is 1.36 bits per heavy atom. The molecule has 0 spiro atoms. The lowest BCUT2D eigenvalue weighted by Crippen LogP contribution is -2.67. The summed E-state index contributed by atoms with van der Waals surface area (Å²) in [7, 11) is -2.95. The van der Waals surface area contributed by atoms with E-state index in [9.17, 15) is 0 Å². The molecule has 2 aliphatic heterocycles. The predicted molar refractivity (Wildman–Crippen MR) is 245 cm³/mol. The first kappa shape index (κ1) is 46.5. The van der Waals surface area contributed by atoms with Gasteiger partial charge in [0.05, 0.1) is 49.3 Å². The number of hydrogen-bond acceptors (Lipinski definition) is 6. The van der Waals surface area contributed by atoms with Gasteiger partial charge in [-0.1, -0.05) is 140 Å². The molecule has 6 nitrogen and oxygen atoms in total. The van der Waals surface area contributed by atoms with Gasteiger partial charge < -0.3 is 27.8 Å². The van der Waals surface area contributed by atoms with E-state index >= 15 is 0 Å². The molecule has 8 heteroatoms. The molecule has 2 aliphatic rings. The quantitative estimate of drug-likeness (QED) is 0.0998. The van der Waals surface area contributed by atoms with E-state index in [-0.39, 0.29) is 57.5 Å². The first-order valence-corrected chi connectivity index (χ1v) is 26.7. The molecule has 0 aliphatic carbocycles. The summed E-state index contributed by atoms with van der Waals surface area (Å²) >= 11 is 0. The average molecular weight is 829 g/mol. The lowest BCUT2D eigenvalue weighted by molar-refractivity contribution is -0.162. The van der Waals surface area contributed by atoms with Crippen molar-refractivity contribution in [3.8, 4) is 5.75 Å². The number of rotatable bonds is 17. The van der Waals surface area contributed by atoms with Crippen LogP contribution in [0.25, 0.3) is 0 Å². The van der Waals surface area contributed by atoms with E-state index < -0.39 is 16.6 Å². The number of benzene rings is 3. The molecule has 3 aromatic carbocycles. The topological polar surface area (TPSA) is 55.4 Å². The van der Waals surface area contributed by atoms with E-state index in [1.165, 1.54) is 10.4 Å². The van der Waals surface area contributed by atoms with E-state index in [2.05, 4.69) is 174 Å². The normalized spacial score (nSPS) is 25.5. The van der Waals surface area contributed by atoms with Crippen LogP contribution in [0.5, 0.6) is 5.75 Å². The van der Waals surface area contributed by atoms with Crippen molar-refractivity contribution in [1.82, 2.24) is 0 Å². The predicted octanol–water partition coefficient (Wildman–Crippen LogP) is 11.3. The smallest absolute Gasteiger partial charge is 0.261 e. The van der Waals surface area contributed by atoms with Crippen LogP contribution in [-0.4, -0.2) is 66.0 Å². The molecule has 320 valence electrons. The minimum atomic E-state index is -2.72. The highest BCUT2D eigenvalue weighted by molar-refractivity contribution is 6.99. The summed E-state index contributed by atoms with van der Waals surface area (Å²) in [6.07, 6.45) is 8.50. The molecule has 2 heterocycles. The zero-order chi connectivity index (χ0) is 42.6. The SMILES string of the molecule is COc1ccc(CO[C@H]([C@H](C)CO[Si](c2ccccc2)(c2ccccc2)C(C)(C)C)[C@@H](C)/C=C/[C@@H]2CC[C@@](C)([C@H]3CC[C@@](C)([C@@H](C)O[Si](C)(C)C(C)(C)C)O3)O2)cc1. The lowest BCUT2D eigenvalue weighted by atomic mass is 9.91. The molecular formula is C50H76O6Si2. The fourth-order valence-corrected chi connectivity index (χ4v) is 15.0. The Labute approximate surface area is 354 Å². The van der Waals surface area contributed by atoms with Crippen LogP contribution in [0.2, 0.25) is 23.2 Å². The second-order valence-electron chi connectivity index (χ2n) is 20.3. The largest absolute Gasteiger partial charge is 0.497 e. The third-order valence-corrected chi connectivity index (χ3v) is 23.3. The molecule has 2 fully saturated rings. The van der Waals surface area contributed by atoms with E-state index in [4.69, 9.17) is 27.8 Å². The average Bonchev–Trinajstić information content (AvgIpc) is 3.78. The van der Waals surface area contributed by atoms with Crippen LogP contribution in [-0.2, 0) is 29.7 Å². The maximum Gasteiger partial charge on any atom is 0.261 e. The Balaban J connectivity index is 1.32. The van der Waals surface area contributed by atoms with Gasteiger partial charge in [0.15, 0.2) is 8.32 Å². The summed E-state index contributed by atoms with van der Waals surface area (Å²) in [6, 6.07) is 30.0. The van der Waals surface area contributed by atoms with Gasteiger partial charge in [0.1, 0.15) is 5.75 Å². The summed E-state index contributed by atoms with van der Waals surface area (Å²) in [5, 5.41) is 2.62. The Morgan fingerprint density at radius 1 is 0.776 bits per heavy atom. The van der Waals surface area contributed by atoms with Crippen molar-refractivity contribution >= 4 is 27.0 Å². The lowest BCUT2D eigenvalue weighted by Gasteiger charge is -2.44. The van der Waals surface area contributed by atoms with Crippen molar-refractivity contribution in [2.45, 2.75) is 167 Å². The third kappa shape index (κ3) is 10.5. The molecule has 0 unspecified atom stereocenters. The highest BCUT2D eigenvalue weighted by atomic mass is 28.4. The molecule has 5 rings (SSSR count). The van der Waals surface area contributed by atoms with Gasteiger partial charge in [-0.2, -0.15) is 0 Å². The maximum absolute atomic E-state index is 7.45. The minimum Gasteiger partial charge on any atom is -0.497 e. The molecule has 3 aromatic rings. The van der Waals surface area contributed by atoms with Crippen LogP contribution in [0.3, 0.4) is 0 Å². The summed E-state index contributed by atoms with van der Waals surface area (Å²) < 4.78 is 40.5. The van der Waals surface area contributed by atoms with E-state index in [1.54, 1.807) is 7.11 Å². The Morgan fingerprint density at radius 3 is 1.90 bits per heavy atom. The van der Waals surface area contributed by atoms with Crippen LogP contribution in [0.4, 0.5) is 0 Å². The standard InChI is InChI=1S/C50H76O6Si2/c1-37(25-28-42-31-33-50(11,54-42)45-32-34-49(10,55-45)39(3)56-57(13,14)47(4,5)6)46(52-36-40-26-29-41(51-12)30-27-40)38(2)35-53-58(48(7,8)9,43-21-17-15-18-22-43)44-23-19-16-20-24-44/h15-30,37-39,42,45-46H,31-36H2,1-14H3/b28-25+/t37-,38+,39+,42+,45+,46-,49-,50-/m0/s1. The number of methoxy groups -OCH3 is 1. The van der Waals surface area contributed by atoms with E-state index in [1.807, 2.05) is 12.1 Å². The van der Waals surface area contributed by atoms with Crippen molar-refractivity contribution < 1.29 is 27.8 Å². The van der Waals surface area contributed by atoms with Crippen LogP contribution in [0.15, 0.2) is 97.1 Å². The fraction of sp³-hybridized carbons (Fsp3) is 0.600.